The number of rotatable bonds is 5. The van der Waals surface area contributed by atoms with Crippen LogP contribution in [0.5, 0.6) is 0 Å². The third-order valence-electron chi connectivity index (χ3n) is 5.69. The molecular weight excluding hydrogens is 388 g/mol. The molecule has 2 N–H and O–H groups in total. The summed E-state index contributed by atoms with van der Waals surface area (Å²) in [6.45, 7) is 2.26. The number of nitrogens with one attached hydrogen (secondary N) is 2. The molecule has 1 heterocycles. The highest BCUT2D eigenvalue weighted by atomic mass is 16.2. The summed E-state index contributed by atoms with van der Waals surface area (Å²) in [4.78, 5) is 33.7. The van der Waals surface area contributed by atoms with Crippen LogP contribution >= 0.6 is 0 Å². The molecule has 6 nitrogen and oxygen atoms in total. The molecule has 0 atom stereocenters. The lowest BCUT2D eigenvalue weighted by Gasteiger charge is -2.26. The van der Waals surface area contributed by atoms with Gasteiger partial charge in [-0.2, -0.15) is 0 Å². The normalized spacial score (nSPS) is 18.2. The van der Waals surface area contributed by atoms with E-state index in [9.17, 15) is 9.59 Å². The van der Waals surface area contributed by atoms with Crippen molar-refractivity contribution in [1.82, 2.24) is 15.3 Å². The Bertz CT molecular complexity index is 1040. The van der Waals surface area contributed by atoms with Crippen molar-refractivity contribution in [2.75, 3.05) is 5.32 Å². The number of benzene rings is 2. The van der Waals surface area contributed by atoms with Crippen LogP contribution in [0.15, 0.2) is 67.0 Å². The molecule has 1 aromatic heterocycles. The minimum absolute atomic E-state index is 0.0480. The number of amides is 2. The van der Waals surface area contributed by atoms with E-state index in [4.69, 9.17) is 0 Å². The summed E-state index contributed by atoms with van der Waals surface area (Å²) in [5, 5.41) is 5.95. The Hall–Kier alpha value is -3.54. The minimum Gasteiger partial charge on any atom is -0.349 e. The molecule has 1 aliphatic carbocycles. The standard InChI is InChI=1S/C25H26N4O2/c1-17-7-13-21(14-8-17)27-24(30)19-11-9-18(10-12-19)22-15-26-16-23(29-22)25(31)28-20-5-3-2-4-6-20/h2-6,9-12,15-17,21H,7-8,13-14H2,1H3,(H,27,30)(H,28,31)/t17-,21-. The largest absolute Gasteiger partial charge is 0.349 e. The number of aromatic nitrogens is 2. The summed E-state index contributed by atoms with van der Waals surface area (Å²) >= 11 is 0. The van der Waals surface area contributed by atoms with Crippen LogP contribution in [-0.4, -0.2) is 27.8 Å². The van der Waals surface area contributed by atoms with Crippen molar-refractivity contribution in [2.24, 2.45) is 5.92 Å². The van der Waals surface area contributed by atoms with Gasteiger partial charge in [0.1, 0.15) is 5.69 Å². The van der Waals surface area contributed by atoms with E-state index in [1.807, 2.05) is 42.5 Å². The van der Waals surface area contributed by atoms with Crippen LogP contribution in [0.25, 0.3) is 11.3 Å². The molecule has 1 saturated carbocycles. The molecule has 0 unspecified atom stereocenters. The molecule has 0 radical (unpaired) electrons. The van der Waals surface area contributed by atoms with Crippen LogP contribution in [0.2, 0.25) is 0 Å². The monoisotopic (exact) mass is 414 g/mol. The minimum atomic E-state index is -0.321. The molecular formula is C25H26N4O2. The Morgan fingerprint density at radius 3 is 2.29 bits per heavy atom. The average molecular weight is 415 g/mol. The first kappa shape index (κ1) is 20.7. The van der Waals surface area contributed by atoms with Gasteiger partial charge in [-0.25, -0.2) is 4.98 Å². The van der Waals surface area contributed by atoms with Crippen molar-refractivity contribution >= 4 is 17.5 Å². The third-order valence-corrected chi connectivity index (χ3v) is 5.69. The lowest BCUT2D eigenvalue weighted by molar-refractivity contribution is 0.0922. The van der Waals surface area contributed by atoms with Gasteiger partial charge < -0.3 is 10.6 Å². The fourth-order valence-corrected chi connectivity index (χ4v) is 3.80. The maximum absolute atomic E-state index is 12.6. The van der Waals surface area contributed by atoms with E-state index in [1.54, 1.807) is 18.3 Å². The maximum Gasteiger partial charge on any atom is 0.275 e. The first-order chi connectivity index (χ1) is 15.1. The van der Waals surface area contributed by atoms with Gasteiger partial charge >= 0.3 is 0 Å². The highest BCUT2D eigenvalue weighted by Gasteiger charge is 2.20. The molecule has 0 saturated heterocycles. The first-order valence-corrected chi connectivity index (χ1v) is 10.7. The third kappa shape index (κ3) is 5.34. The highest BCUT2D eigenvalue weighted by Crippen LogP contribution is 2.24. The Labute approximate surface area is 182 Å². The molecule has 3 aromatic rings. The van der Waals surface area contributed by atoms with Gasteiger partial charge in [-0.3, -0.25) is 14.6 Å². The van der Waals surface area contributed by atoms with Crippen molar-refractivity contribution in [1.29, 1.82) is 0 Å². The molecule has 2 aromatic carbocycles. The summed E-state index contributed by atoms with van der Waals surface area (Å²) in [5.74, 6) is 0.380. The fourth-order valence-electron chi connectivity index (χ4n) is 3.80. The molecule has 4 rings (SSSR count). The zero-order valence-corrected chi connectivity index (χ0v) is 17.5. The number of nitrogens with zero attached hydrogens (tertiary/aromatic N) is 2. The van der Waals surface area contributed by atoms with Crippen molar-refractivity contribution in [3.8, 4) is 11.3 Å². The fraction of sp³-hybridized carbons (Fsp3) is 0.280. The van der Waals surface area contributed by atoms with Crippen molar-refractivity contribution in [3.05, 3.63) is 78.2 Å². The number of carbonyl (C=O) groups excluding carboxylic acids is 2. The zero-order valence-electron chi connectivity index (χ0n) is 17.5. The predicted octanol–water partition coefficient (Wildman–Crippen LogP) is 4.70. The van der Waals surface area contributed by atoms with E-state index in [0.29, 0.717) is 16.9 Å². The van der Waals surface area contributed by atoms with Crippen molar-refractivity contribution < 1.29 is 9.59 Å². The molecule has 2 amide bonds. The smallest absolute Gasteiger partial charge is 0.275 e. The second-order valence-electron chi connectivity index (χ2n) is 8.12. The topological polar surface area (TPSA) is 84.0 Å². The highest BCUT2D eigenvalue weighted by molar-refractivity contribution is 6.03. The molecule has 0 bridgehead atoms. The van der Waals surface area contributed by atoms with Gasteiger partial charge in [0.05, 0.1) is 18.1 Å². The summed E-state index contributed by atoms with van der Waals surface area (Å²) in [6.07, 6.45) is 7.45. The van der Waals surface area contributed by atoms with Crippen molar-refractivity contribution in [2.45, 2.75) is 38.6 Å². The molecule has 158 valence electrons. The van der Waals surface area contributed by atoms with Gasteiger partial charge in [0, 0.05) is 22.9 Å². The molecule has 31 heavy (non-hydrogen) atoms. The van der Waals surface area contributed by atoms with E-state index in [1.165, 1.54) is 6.20 Å². The first-order valence-electron chi connectivity index (χ1n) is 10.7. The van der Waals surface area contributed by atoms with Gasteiger partial charge in [0.15, 0.2) is 0 Å². The van der Waals surface area contributed by atoms with E-state index in [2.05, 4.69) is 27.5 Å². The van der Waals surface area contributed by atoms with Gasteiger partial charge in [-0.05, 0) is 55.9 Å². The Kier molecular flexibility index (Phi) is 6.36. The molecule has 6 heteroatoms. The van der Waals surface area contributed by atoms with Crippen LogP contribution in [0, 0.1) is 5.92 Å². The molecule has 0 aliphatic heterocycles. The van der Waals surface area contributed by atoms with Crippen LogP contribution in [0.4, 0.5) is 5.69 Å². The number of para-hydroxylation sites is 1. The Morgan fingerprint density at radius 1 is 0.871 bits per heavy atom. The van der Waals surface area contributed by atoms with E-state index in [-0.39, 0.29) is 23.6 Å². The Balaban J connectivity index is 1.42. The average Bonchev–Trinajstić information content (AvgIpc) is 2.81. The number of anilines is 1. The quantitative estimate of drug-likeness (QED) is 0.634. The van der Waals surface area contributed by atoms with Gasteiger partial charge in [0.25, 0.3) is 11.8 Å². The lowest BCUT2D eigenvalue weighted by Crippen LogP contribution is -2.37. The maximum atomic E-state index is 12.6. The van der Waals surface area contributed by atoms with E-state index in [0.717, 1.165) is 37.2 Å². The SMILES string of the molecule is C[C@H]1CC[C@H](NC(=O)c2ccc(-c3cncc(C(=O)Nc4ccccc4)n3)cc2)CC1. The summed E-state index contributed by atoms with van der Waals surface area (Å²) in [7, 11) is 0. The number of hydrogen-bond donors (Lipinski definition) is 2. The van der Waals surface area contributed by atoms with Crippen molar-refractivity contribution in [3.63, 3.8) is 0 Å². The van der Waals surface area contributed by atoms with Crippen LogP contribution < -0.4 is 10.6 Å². The van der Waals surface area contributed by atoms with Gasteiger partial charge in [-0.1, -0.05) is 37.3 Å². The van der Waals surface area contributed by atoms with Crippen LogP contribution in [0.3, 0.4) is 0 Å². The van der Waals surface area contributed by atoms with Crippen LogP contribution in [0.1, 0.15) is 53.5 Å². The van der Waals surface area contributed by atoms with Gasteiger partial charge in [0.2, 0.25) is 0 Å². The summed E-state index contributed by atoms with van der Waals surface area (Å²) < 4.78 is 0. The predicted molar refractivity (Wildman–Crippen MR) is 121 cm³/mol. The molecule has 0 spiro atoms. The summed E-state index contributed by atoms with van der Waals surface area (Å²) in [6, 6.07) is 16.7. The zero-order chi connectivity index (χ0) is 21.6. The lowest BCUT2D eigenvalue weighted by atomic mass is 9.87. The summed E-state index contributed by atoms with van der Waals surface area (Å²) in [5.41, 5.74) is 2.92. The molecule has 1 aliphatic rings. The Morgan fingerprint density at radius 2 is 1.58 bits per heavy atom. The number of hydrogen-bond acceptors (Lipinski definition) is 4. The van der Waals surface area contributed by atoms with Crippen LogP contribution in [-0.2, 0) is 0 Å². The molecule has 1 fully saturated rings. The number of carbonyl (C=O) groups is 2. The second kappa shape index (κ2) is 9.51. The van der Waals surface area contributed by atoms with E-state index >= 15 is 0 Å². The second-order valence-corrected chi connectivity index (χ2v) is 8.12. The van der Waals surface area contributed by atoms with Gasteiger partial charge in [-0.15, -0.1) is 0 Å². The van der Waals surface area contributed by atoms with E-state index < -0.39 is 0 Å².